The fraction of sp³-hybridized carbons (Fsp3) is 0.489. The van der Waals surface area contributed by atoms with E-state index in [1.807, 2.05) is 29.8 Å². The van der Waals surface area contributed by atoms with Gasteiger partial charge in [-0.15, -0.1) is 11.8 Å². The Kier molecular flexibility index (Phi) is 12.1. The van der Waals surface area contributed by atoms with E-state index in [9.17, 15) is 19.2 Å². The van der Waals surface area contributed by atoms with Gasteiger partial charge in [0.2, 0.25) is 11.8 Å². The monoisotopic (exact) mass is 876 g/mol. The summed E-state index contributed by atoms with van der Waals surface area (Å²) in [5.74, 6) is 1.97. The molecule has 63 heavy (non-hydrogen) atoms. The maximum atomic E-state index is 14.0. The summed E-state index contributed by atoms with van der Waals surface area (Å²) in [6, 6.07) is 19.8. The van der Waals surface area contributed by atoms with Gasteiger partial charge in [0, 0.05) is 38.6 Å². The number of alkyl carbamates (subject to hydrolysis) is 2. The second kappa shape index (κ2) is 17.9. The number of hydrogen-bond donors (Lipinski definition) is 4. The number of carbonyl (C=O) groups excluding carboxylic acids is 4. The third-order valence-electron chi connectivity index (χ3n) is 13.5. The third kappa shape index (κ3) is 8.84. The molecule has 5 heterocycles. The van der Waals surface area contributed by atoms with Crippen LogP contribution < -0.4 is 16.0 Å². The Balaban J connectivity index is 0.866. The lowest BCUT2D eigenvalue weighted by Gasteiger charge is -2.33. The Morgan fingerprint density at radius 2 is 1.57 bits per heavy atom. The normalized spacial score (nSPS) is 22.7. The van der Waals surface area contributed by atoms with Crippen molar-refractivity contribution in [2.24, 2.45) is 22.2 Å². The number of imidazole rings is 1. The molecule has 4 N–H and O–H groups in total. The second-order valence-corrected chi connectivity index (χ2v) is 19.0. The van der Waals surface area contributed by atoms with Crippen molar-refractivity contribution in [2.45, 2.75) is 75.5 Å². The number of amides is 4. The lowest BCUT2D eigenvalue weighted by Crippen LogP contribution is -2.54. The van der Waals surface area contributed by atoms with Crippen molar-refractivity contribution >= 4 is 52.4 Å². The van der Waals surface area contributed by atoms with Crippen molar-refractivity contribution in [1.29, 1.82) is 0 Å². The molecule has 3 aromatic carbocycles. The number of carbonyl (C=O) groups is 4. The smallest absolute Gasteiger partial charge is 0.407 e. The Morgan fingerprint density at radius 3 is 2.30 bits per heavy atom. The van der Waals surface area contributed by atoms with Crippen molar-refractivity contribution in [3.05, 3.63) is 78.2 Å². The van der Waals surface area contributed by atoms with Crippen molar-refractivity contribution in [1.82, 2.24) is 35.7 Å². The van der Waals surface area contributed by atoms with Crippen LogP contribution in [0.3, 0.4) is 0 Å². The summed E-state index contributed by atoms with van der Waals surface area (Å²) in [6.45, 7) is 6.88. The second-order valence-electron chi connectivity index (χ2n) is 17.9. The summed E-state index contributed by atoms with van der Waals surface area (Å²) in [5, 5.41) is 11.1. The summed E-state index contributed by atoms with van der Waals surface area (Å²) in [5.41, 5.74) is 5.29. The fourth-order valence-corrected chi connectivity index (χ4v) is 10.8. The van der Waals surface area contributed by atoms with E-state index in [0.29, 0.717) is 51.5 Å². The third-order valence-corrected chi connectivity index (χ3v) is 14.7. The fourth-order valence-electron chi connectivity index (χ4n) is 9.63. The minimum Gasteiger partial charge on any atom is -0.453 e. The molecule has 3 saturated heterocycles. The topological polar surface area (TPSA) is 180 Å². The van der Waals surface area contributed by atoms with Gasteiger partial charge >= 0.3 is 12.2 Å². The van der Waals surface area contributed by atoms with Gasteiger partial charge in [-0.3, -0.25) is 14.6 Å². The molecule has 1 unspecified atom stereocenters. The molecule has 1 spiro atoms. The molecule has 332 valence electrons. The van der Waals surface area contributed by atoms with Crippen molar-refractivity contribution in [3.8, 4) is 22.4 Å². The first-order valence-electron chi connectivity index (χ1n) is 22.0. The van der Waals surface area contributed by atoms with Crippen LogP contribution in [0, 0.1) is 17.3 Å². The number of aliphatic imine (C=N–C) groups is 1. The highest BCUT2D eigenvalue weighted by atomic mass is 32.2. The minimum atomic E-state index is -0.694. The zero-order chi connectivity index (χ0) is 43.8. The number of benzene rings is 3. The average molecular weight is 877 g/mol. The average Bonchev–Trinajstić information content (AvgIpc) is 3.85. The van der Waals surface area contributed by atoms with Gasteiger partial charge in [0.1, 0.15) is 29.1 Å². The molecule has 4 aromatic rings. The number of hydrogen-bond acceptors (Lipinski definition) is 11. The molecule has 1 aromatic heterocycles. The van der Waals surface area contributed by atoms with Gasteiger partial charge in [0.05, 0.1) is 38.2 Å². The van der Waals surface area contributed by atoms with Crippen molar-refractivity contribution < 1.29 is 33.4 Å². The maximum absolute atomic E-state index is 14.0. The summed E-state index contributed by atoms with van der Waals surface area (Å²) >= 11 is 1.66. The molecule has 5 atom stereocenters. The molecule has 5 aliphatic rings. The van der Waals surface area contributed by atoms with Gasteiger partial charge < -0.3 is 44.9 Å². The molecular formula is C47H56N8O7S. The Labute approximate surface area is 371 Å². The summed E-state index contributed by atoms with van der Waals surface area (Å²) in [6.07, 6.45) is 5.06. The number of rotatable bonds is 11. The van der Waals surface area contributed by atoms with Crippen molar-refractivity contribution in [3.63, 3.8) is 0 Å². The number of fused-ring (bicyclic) bond motifs is 1. The predicted molar refractivity (Wildman–Crippen MR) is 241 cm³/mol. The molecule has 16 heteroatoms. The number of likely N-dealkylation sites (tertiary alicyclic amines) is 1. The quantitative estimate of drug-likeness (QED) is 0.131. The first-order chi connectivity index (χ1) is 30.5. The van der Waals surface area contributed by atoms with Gasteiger partial charge in [-0.25, -0.2) is 14.6 Å². The highest BCUT2D eigenvalue weighted by Gasteiger charge is 2.56. The van der Waals surface area contributed by atoms with E-state index in [0.717, 1.165) is 69.6 Å². The SMILES string of the molecule is COC(=O)N[C@H](C(=O)N1CC2(CC2)C[C@H]1C1=NC(c2ccc3cc(-c4ccc(-c5cnc([C@@H]6SCCN6C(=O)[C@@H](NC(=O)OC)C6CCOCC6)[nH]5)cc4)ccc3c2)CN1)C(C)C. The van der Waals surface area contributed by atoms with Crippen molar-refractivity contribution in [2.75, 3.05) is 52.8 Å². The van der Waals surface area contributed by atoms with E-state index < -0.39 is 24.3 Å². The van der Waals surface area contributed by atoms with Crippen LogP contribution in [0.5, 0.6) is 0 Å². The van der Waals surface area contributed by atoms with Crippen LogP contribution >= 0.6 is 11.8 Å². The van der Waals surface area contributed by atoms with Gasteiger partial charge in [0.25, 0.3) is 0 Å². The van der Waals surface area contributed by atoms with E-state index in [1.54, 1.807) is 11.8 Å². The number of amidine groups is 1. The molecular weight excluding hydrogens is 821 g/mol. The zero-order valence-corrected chi connectivity index (χ0v) is 37.0. The van der Waals surface area contributed by atoms with Crippen LogP contribution in [-0.4, -0.2) is 121 Å². The van der Waals surface area contributed by atoms with E-state index in [1.165, 1.54) is 14.2 Å². The number of aromatic amines is 1. The largest absolute Gasteiger partial charge is 0.453 e. The van der Waals surface area contributed by atoms with E-state index in [-0.39, 0.29) is 46.5 Å². The molecule has 15 nitrogen and oxygen atoms in total. The number of H-pyrrole nitrogens is 1. The van der Waals surface area contributed by atoms with Crippen LogP contribution in [-0.2, 0) is 23.8 Å². The Morgan fingerprint density at radius 1 is 0.873 bits per heavy atom. The molecule has 1 saturated carbocycles. The van der Waals surface area contributed by atoms with Gasteiger partial charge in [-0.1, -0.05) is 62.4 Å². The van der Waals surface area contributed by atoms with E-state index in [2.05, 4.69) is 81.6 Å². The van der Waals surface area contributed by atoms with Crippen LogP contribution in [0.25, 0.3) is 33.2 Å². The van der Waals surface area contributed by atoms with E-state index >= 15 is 0 Å². The summed E-state index contributed by atoms with van der Waals surface area (Å²) in [4.78, 5) is 69.5. The van der Waals surface area contributed by atoms with Crippen LogP contribution in [0.2, 0.25) is 0 Å². The standard InChI is InChI=1S/C47H56N8O7S/c1-27(2)38(52-45(58)60-3)42(56)55-26-47(15-16-47)23-37(55)40-48-25-36(50-40)34-12-11-32-21-31(9-10-33(32)22-34)28-5-7-29(8-6-28)35-24-49-41(51-35)44-54(17-20-63-44)43(57)39(53-46(59)61-4)30-13-18-62-19-14-30/h5-12,21-22,24,27,30,36-39,44H,13-20,23,25-26H2,1-4H3,(H,48,50)(H,49,51)(H,52,58)(H,53,59)/t36?,37-,38-,39-,44-/m0/s1. The molecule has 1 aliphatic carbocycles. The predicted octanol–water partition coefficient (Wildman–Crippen LogP) is 6.43. The van der Waals surface area contributed by atoms with Crippen LogP contribution in [0.4, 0.5) is 9.59 Å². The molecule has 0 bridgehead atoms. The lowest BCUT2D eigenvalue weighted by atomic mass is 9.90. The molecule has 0 radical (unpaired) electrons. The van der Waals surface area contributed by atoms with Crippen LogP contribution in [0.15, 0.2) is 71.9 Å². The number of aromatic nitrogens is 2. The Hall–Kier alpha value is -5.61. The highest BCUT2D eigenvalue weighted by molar-refractivity contribution is 7.99. The molecule has 4 amide bonds. The molecule has 4 fully saturated rings. The van der Waals surface area contributed by atoms with Gasteiger partial charge in [-0.05, 0) is 94.5 Å². The van der Waals surface area contributed by atoms with Crippen LogP contribution in [0.1, 0.15) is 68.8 Å². The molecule has 9 rings (SSSR count). The number of nitrogens with one attached hydrogen (secondary N) is 4. The zero-order valence-electron chi connectivity index (χ0n) is 36.2. The summed E-state index contributed by atoms with van der Waals surface area (Å²) in [7, 11) is 2.62. The van der Waals surface area contributed by atoms with Gasteiger partial charge in [-0.2, -0.15) is 0 Å². The Bertz CT molecular complexity index is 2390. The summed E-state index contributed by atoms with van der Waals surface area (Å²) < 4.78 is 15.2. The molecule has 4 aliphatic heterocycles. The van der Waals surface area contributed by atoms with E-state index in [4.69, 9.17) is 24.2 Å². The maximum Gasteiger partial charge on any atom is 0.407 e. The number of methoxy groups -OCH3 is 2. The lowest BCUT2D eigenvalue weighted by molar-refractivity contribution is -0.136. The minimum absolute atomic E-state index is 0.0338. The first kappa shape index (κ1) is 42.7. The highest BCUT2D eigenvalue weighted by Crippen LogP contribution is 2.55. The first-order valence-corrected chi connectivity index (χ1v) is 23.1. The van der Waals surface area contributed by atoms with Gasteiger partial charge in [0.15, 0.2) is 0 Å². The number of thioether (sulfide) groups is 1. The number of ether oxygens (including phenoxy) is 3. The number of nitrogens with zero attached hydrogens (tertiary/aromatic N) is 4.